The van der Waals surface area contributed by atoms with Crippen molar-refractivity contribution in [1.82, 2.24) is 0 Å². The summed E-state index contributed by atoms with van der Waals surface area (Å²) in [6, 6.07) is 10.6. The molecule has 0 aromatic heterocycles. The van der Waals surface area contributed by atoms with Gasteiger partial charge in [0.15, 0.2) is 0 Å². The zero-order valence-electron chi connectivity index (χ0n) is 9.34. The van der Waals surface area contributed by atoms with Crippen LogP contribution in [0.4, 0.5) is 10.1 Å². The standard InChI is InChI=1S/C13H10FNO3/c14-12-6-5-9(7-13(12)15(17)18)11-4-2-1-3-10(11)8-16/h1-7,16H,8H2. The Morgan fingerprint density at radius 2 is 1.94 bits per heavy atom. The van der Waals surface area contributed by atoms with Crippen LogP contribution in [0.5, 0.6) is 0 Å². The van der Waals surface area contributed by atoms with Crippen molar-refractivity contribution in [3.05, 3.63) is 64.0 Å². The number of halogens is 1. The topological polar surface area (TPSA) is 63.4 Å². The summed E-state index contributed by atoms with van der Waals surface area (Å²) < 4.78 is 13.2. The Morgan fingerprint density at radius 1 is 1.22 bits per heavy atom. The number of benzene rings is 2. The minimum absolute atomic E-state index is 0.179. The maximum absolute atomic E-state index is 13.2. The Morgan fingerprint density at radius 3 is 2.61 bits per heavy atom. The molecule has 0 radical (unpaired) electrons. The van der Waals surface area contributed by atoms with Gasteiger partial charge in [-0.25, -0.2) is 0 Å². The highest BCUT2D eigenvalue weighted by Crippen LogP contribution is 2.28. The third-order valence-corrected chi connectivity index (χ3v) is 2.64. The molecule has 0 fully saturated rings. The fraction of sp³-hybridized carbons (Fsp3) is 0.0769. The van der Waals surface area contributed by atoms with E-state index in [1.165, 1.54) is 12.1 Å². The fourth-order valence-corrected chi connectivity index (χ4v) is 1.76. The lowest BCUT2D eigenvalue weighted by atomic mass is 9.99. The zero-order valence-corrected chi connectivity index (χ0v) is 9.34. The van der Waals surface area contributed by atoms with Gasteiger partial charge in [0.1, 0.15) is 0 Å². The molecule has 0 aliphatic heterocycles. The molecule has 5 heteroatoms. The van der Waals surface area contributed by atoms with Crippen molar-refractivity contribution in [3.8, 4) is 11.1 Å². The van der Waals surface area contributed by atoms with Crippen LogP contribution in [0.3, 0.4) is 0 Å². The maximum Gasteiger partial charge on any atom is 0.305 e. The Hall–Kier alpha value is -2.27. The van der Waals surface area contributed by atoms with Crippen molar-refractivity contribution < 1.29 is 14.4 Å². The lowest BCUT2D eigenvalue weighted by Crippen LogP contribution is -1.94. The molecule has 4 nitrogen and oxygen atoms in total. The Balaban J connectivity index is 2.58. The van der Waals surface area contributed by atoms with Crippen LogP contribution in [-0.2, 0) is 6.61 Å². The summed E-state index contributed by atoms with van der Waals surface area (Å²) in [5, 5.41) is 19.9. The van der Waals surface area contributed by atoms with Gasteiger partial charge >= 0.3 is 5.69 Å². The Bertz CT molecular complexity index is 599. The molecular formula is C13H10FNO3. The summed E-state index contributed by atoms with van der Waals surface area (Å²) in [5.74, 6) is -0.870. The van der Waals surface area contributed by atoms with Crippen LogP contribution in [0.25, 0.3) is 11.1 Å². The second kappa shape index (κ2) is 4.93. The molecule has 1 N–H and O–H groups in total. The molecule has 92 valence electrons. The number of hydrogen-bond donors (Lipinski definition) is 1. The van der Waals surface area contributed by atoms with Gasteiger partial charge in [0.05, 0.1) is 11.5 Å². The lowest BCUT2D eigenvalue weighted by molar-refractivity contribution is -0.387. The van der Waals surface area contributed by atoms with E-state index in [4.69, 9.17) is 0 Å². The fourth-order valence-electron chi connectivity index (χ4n) is 1.76. The van der Waals surface area contributed by atoms with Crippen LogP contribution >= 0.6 is 0 Å². The molecule has 2 aromatic carbocycles. The molecule has 18 heavy (non-hydrogen) atoms. The first-order valence-electron chi connectivity index (χ1n) is 5.26. The molecule has 0 saturated heterocycles. The quantitative estimate of drug-likeness (QED) is 0.670. The molecule has 0 spiro atoms. The molecule has 0 aliphatic rings. The van der Waals surface area contributed by atoms with Crippen molar-refractivity contribution in [1.29, 1.82) is 0 Å². The van der Waals surface area contributed by atoms with Gasteiger partial charge in [-0.3, -0.25) is 10.1 Å². The minimum Gasteiger partial charge on any atom is -0.392 e. The number of hydrogen-bond acceptors (Lipinski definition) is 3. The first-order valence-corrected chi connectivity index (χ1v) is 5.26. The lowest BCUT2D eigenvalue weighted by Gasteiger charge is -2.07. The molecule has 0 atom stereocenters. The highest BCUT2D eigenvalue weighted by atomic mass is 19.1. The molecule has 2 aromatic rings. The van der Waals surface area contributed by atoms with Gasteiger partial charge in [-0.1, -0.05) is 30.3 Å². The third kappa shape index (κ3) is 2.21. The molecule has 2 rings (SSSR count). The van der Waals surface area contributed by atoms with E-state index in [0.717, 1.165) is 6.07 Å². The Kier molecular flexibility index (Phi) is 3.34. The van der Waals surface area contributed by atoms with E-state index in [9.17, 15) is 19.6 Å². The molecule has 0 saturated carbocycles. The number of nitro benzene ring substituents is 1. The first-order chi connectivity index (χ1) is 8.63. The van der Waals surface area contributed by atoms with Crippen LogP contribution < -0.4 is 0 Å². The summed E-state index contributed by atoms with van der Waals surface area (Å²) in [4.78, 5) is 9.91. The van der Waals surface area contributed by atoms with E-state index in [1.807, 2.05) is 0 Å². The molecule has 0 heterocycles. The summed E-state index contributed by atoms with van der Waals surface area (Å²) in [7, 11) is 0. The van der Waals surface area contributed by atoms with Gasteiger partial charge < -0.3 is 5.11 Å². The number of aliphatic hydroxyl groups is 1. The van der Waals surface area contributed by atoms with E-state index in [1.54, 1.807) is 24.3 Å². The highest BCUT2D eigenvalue weighted by molar-refractivity contribution is 5.69. The molecule has 0 aliphatic carbocycles. The van der Waals surface area contributed by atoms with Crippen LogP contribution in [0.1, 0.15) is 5.56 Å². The van der Waals surface area contributed by atoms with Gasteiger partial charge in [0.25, 0.3) is 0 Å². The monoisotopic (exact) mass is 247 g/mol. The minimum atomic E-state index is -0.870. The van der Waals surface area contributed by atoms with Crippen LogP contribution in [0.15, 0.2) is 42.5 Å². The van der Waals surface area contributed by atoms with Crippen molar-refractivity contribution in [3.63, 3.8) is 0 Å². The average molecular weight is 247 g/mol. The molecule has 0 bridgehead atoms. The van der Waals surface area contributed by atoms with Crippen LogP contribution in [0, 0.1) is 15.9 Å². The van der Waals surface area contributed by atoms with E-state index in [-0.39, 0.29) is 6.61 Å². The van der Waals surface area contributed by atoms with Crippen LogP contribution in [0.2, 0.25) is 0 Å². The number of aliphatic hydroxyl groups excluding tert-OH is 1. The number of nitro groups is 1. The predicted molar refractivity (Wildman–Crippen MR) is 64.4 cm³/mol. The first kappa shape index (κ1) is 12.2. The number of rotatable bonds is 3. The summed E-state index contributed by atoms with van der Waals surface area (Å²) in [6.45, 7) is -0.179. The van der Waals surface area contributed by atoms with E-state index in [2.05, 4.69) is 0 Å². The van der Waals surface area contributed by atoms with E-state index in [0.29, 0.717) is 16.7 Å². The molecule has 0 amide bonds. The van der Waals surface area contributed by atoms with Gasteiger partial charge in [-0.05, 0) is 22.8 Å². The molecule has 0 unspecified atom stereocenters. The second-order valence-electron chi connectivity index (χ2n) is 3.74. The van der Waals surface area contributed by atoms with E-state index >= 15 is 0 Å². The molecular weight excluding hydrogens is 237 g/mol. The highest BCUT2D eigenvalue weighted by Gasteiger charge is 2.15. The van der Waals surface area contributed by atoms with Crippen molar-refractivity contribution in [2.24, 2.45) is 0 Å². The van der Waals surface area contributed by atoms with Gasteiger partial charge in [0, 0.05) is 6.07 Å². The van der Waals surface area contributed by atoms with Crippen molar-refractivity contribution >= 4 is 5.69 Å². The van der Waals surface area contributed by atoms with Crippen molar-refractivity contribution in [2.45, 2.75) is 6.61 Å². The average Bonchev–Trinajstić information content (AvgIpc) is 2.39. The normalized spacial score (nSPS) is 10.3. The summed E-state index contributed by atoms with van der Waals surface area (Å²) >= 11 is 0. The second-order valence-corrected chi connectivity index (χ2v) is 3.74. The van der Waals surface area contributed by atoms with Gasteiger partial charge in [-0.2, -0.15) is 4.39 Å². The SMILES string of the molecule is O=[N+]([O-])c1cc(-c2ccccc2CO)ccc1F. The van der Waals surface area contributed by atoms with Crippen LogP contribution in [-0.4, -0.2) is 10.0 Å². The van der Waals surface area contributed by atoms with E-state index < -0.39 is 16.4 Å². The Labute approximate surface area is 102 Å². The summed E-state index contributed by atoms with van der Waals surface area (Å²) in [6.07, 6.45) is 0. The van der Waals surface area contributed by atoms with Gasteiger partial charge in [-0.15, -0.1) is 0 Å². The largest absolute Gasteiger partial charge is 0.392 e. The maximum atomic E-state index is 13.2. The third-order valence-electron chi connectivity index (χ3n) is 2.64. The van der Waals surface area contributed by atoms with Gasteiger partial charge in [0.2, 0.25) is 5.82 Å². The van der Waals surface area contributed by atoms with Crippen molar-refractivity contribution in [2.75, 3.05) is 0 Å². The zero-order chi connectivity index (χ0) is 13.1. The summed E-state index contributed by atoms with van der Waals surface area (Å²) in [5.41, 5.74) is 1.23. The smallest absolute Gasteiger partial charge is 0.305 e. The predicted octanol–water partition coefficient (Wildman–Crippen LogP) is 2.89. The number of nitrogens with zero attached hydrogens (tertiary/aromatic N) is 1.